The Bertz CT molecular complexity index is 1850. The molecule has 234 valence electrons. The molecule has 1 aliphatic rings. The van der Waals surface area contributed by atoms with Gasteiger partial charge < -0.3 is 20.1 Å². The second kappa shape index (κ2) is 14.6. The molecule has 1 atom stereocenters. The Labute approximate surface area is 279 Å². The topological polar surface area (TPSA) is 114 Å². The van der Waals surface area contributed by atoms with Gasteiger partial charge in [-0.2, -0.15) is 0 Å². The maximum Gasteiger partial charge on any atom is 0.272 e. The first-order chi connectivity index (χ1) is 22.2. The maximum atomic E-state index is 13.6. The largest absolute Gasteiger partial charge is 0.493 e. The Hall–Kier alpha value is -4.77. The zero-order valence-electron chi connectivity index (χ0n) is 24.6. The Morgan fingerprint density at radius 2 is 1.67 bits per heavy atom. The van der Waals surface area contributed by atoms with Gasteiger partial charge in [0, 0.05) is 33.2 Å². The van der Waals surface area contributed by atoms with Crippen LogP contribution in [0.1, 0.15) is 22.3 Å². The average Bonchev–Trinajstić information content (AvgIpc) is 3.33. The van der Waals surface area contributed by atoms with E-state index in [1.165, 1.54) is 44.2 Å². The van der Waals surface area contributed by atoms with Crippen molar-refractivity contribution in [1.29, 1.82) is 0 Å². The fourth-order valence-corrected chi connectivity index (χ4v) is 6.22. The van der Waals surface area contributed by atoms with Gasteiger partial charge in [0.15, 0.2) is 11.5 Å². The molecule has 1 saturated heterocycles. The van der Waals surface area contributed by atoms with Crippen LogP contribution in [0.15, 0.2) is 102 Å². The molecule has 0 saturated carbocycles. The van der Waals surface area contributed by atoms with Gasteiger partial charge in [0.25, 0.3) is 11.8 Å². The summed E-state index contributed by atoms with van der Waals surface area (Å²) in [6, 6.07) is 25.1. The molecule has 1 unspecified atom stereocenters. The summed E-state index contributed by atoms with van der Waals surface area (Å²) in [6.45, 7) is 0. The van der Waals surface area contributed by atoms with Crippen molar-refractivity contribution in [2.45, 2.75) is 16.6 Å². The van der Waals surface area contributed by atoms with E-state index < -0.39 is 28.9 Å². The van der Waals surface area contributed by atoms with E-state index in [0.717, 1.165) is 4.90 Å². The van der Waals surface area contributed by atoms with Crippen LogP contribution in [0.2, 0.25) is 10.0 Å². The molecule has 0 radical (unpaired) electrons. The van der Waals surface area contributed by atoms with E-state index in [1.54, 1.807) is 78.9 Å². The van der Waals surface area contributed by atoms with Gasteiger partial charge in [-0.15, -0.1) is 11.8 Å². The van der Waals surface area contributed by atoms with Crippen LogP contribution >= 0.6 is 35.0 Å². The van der Waals surface area contributed by atoms with Crippen LogP contribution in [0.5, 0.6) is 11.5 Å². The molecule has 0 aromatic heterocycles. The summed E-state index contributed by atoms with van der Waals surface area (Å²) in [5, 5.41) is 5.39. The predicted octanol–water partition coefficient (Wildman–Crippen LogP) is 6.84. The van der Waals surface area contributed by atoms with Crippen molar-refractivity contribution >= 4 is 76.0 Å². The summed E-state index contributed by atoms with van der Waals surface area (Å²) in [5.74, 6) is -1.08. The molecule has 4 aromatic carbocycles. The molecule has 0 aliphatic carbocycles. The molecule has 5 rings (SSSR count). The molecule has 2 N–H and O–H groups in total. The number of carbonyl (C=O) groups excluding carboxylic acids is 4. The van der Waals surface area contributed by atoms with Crippen molar-refractivity contribution in [2.75, 3.05) is 24.4 Å². The van der Waals surface area contributed by atoms with Crippen LogP contribution in [0, 0.1) is 0 Å². The van der Waals surface area contributed by atoms with Crippen molar-refractivity contribution in [1.82, 2.24) is 5.32 Å². The highest BCUT2D eigenvalue weighted by Gasteiger charge is 2.41. The van der Waals surface area contributed by atoms with E-state index in [-0.39, 0.29) is 22.8 Å². The lowest BCUT2D eigenvalue weighted by molar-refractivity contribution is -0.121. The van der Waals surface area contributed by atoms with Gasteiger partial charge in [0.2, 0.25) is 11.8 Å². The first kappa shape index (κ1) is 32.6. The normalized spacial score (nSPS) is 14.7. The summed E-state index contributed by atoms with van der Waals surface area (Å²) < 4.78 is 10.9. The van der Waals surface area contributed by atoms with Crippen molar-refractivity contribution in [3.63, 3.8) is 0 Å². The zero-order chi connectivity index (χ0) is 32.8. The molecular weight excluding hydrogens is 649 g/mol. The number of para-hydroxylation sites is 1. The highest BCUT2D eigenvalue weighted by Crippen LogP contribution is 2.38. The second-order valence-corrected chi connectivity index (χ2v) is 12.0. The lowest BCUT2D eigenvalue weighted by Crippen LogP contribution is -2.31. The smallest absolute Gasteiger partial charge is 0.272 e. The first-order valence-electron chi connectivity index (χ1n) is 13.9. The Morgan fingerprint density at radius 1 is 0.913 bits per heavy atom. The Kier molecular flexibility index (Phi) is 10.3. The first-order valence-corrected chi connectivity index (χ1v) is 15.5. The standard InChI is InChI=1S/C34H27Cl2N3O6S/c1-44-28-13-6-10-21(31(28)45-2)16-26(38-32(41)20-8-4-3-5-9-20)33(42)37-23-11-7-12-24(18-23)46-29-19-30(40)39(34(29)43)27-17-22(35)14-15-25(27)36/h3-18,29H,19H2,1-2H3,(H,37,42)(H,38,41). The van der Waals surface area contributed by atoms with Gasteiger partial charge in [-0.05, 0) is 60.7 Å². The molecule has 1 aliphatic heterocycles. The fraction of sp³-hybridized carbons (Fsp3) is 0.118. The molecule has 1 fully saturated rings. The molecule has 46 heavy (non-hydrogen) atoms. The number of ether oxygens (including phenoxy) is 2. The van der Waals surface area contributed by atoms with E-state index in [9.17, 15) is 19.2 Å². The van der Waals surface area contributed by atoms with E-state index in [0.29, 0.717) is 38.2 Å². The number of hydrogen-bond donors (Lipinski definition) is 2. The molecule has 1 heterocycles. The number of amides is 4. The van der Waals surface area contributed by atoms with Gasteiger partial charge in [0.1, 0.15) is 5.70 Å². The molecule has 4 aromatic rings. The summed E-state index contributed by atoms with van der Waals surface area (Å²) in [4.78, 5) is 54.5. The third-order valence-electron chi connectivity index (χ3n) is 6.89. The van der Waals surface area contributed by atoms with Gasteiger partial charge >= 0.3 is 0 Å². The molecule has 0 spiro atoms. The lowest BCUT2D eigenvalue weighted by atomic mass is 10.1. The summed E-state index contributed by atoms with van der Waals surface area (Å²) in [7, 11) is 2.98. The number of rotatable bonds is 10. The van der Waals surface area contributed by atoms with E-state index in [4.69, 9.17) is 32.7 Å². The SMILES string of the molecule is COc1cccc(C=C(NC(=O)c2ccccc2)C(=O)Nc2cccc(SC3CC(=O)N(c4cc(Cl)ccc4Cl)C3=O)c2)c1OC. The van der Waals surface area contributed by atoms with Gasteiger partial charge in [-0.3, -0.25) is 19.2 Å². The number of nitrogens with one attached hydrogen (secondary N) is 2. The van der Waals surface area contributed by atoms with Crippen LogP contribution in [0.25, 0.3) is 6.08 Å². The highest BCUT2D eigenvalue weighted by atomic mass is 35.5. The summed E-state index contributed by atoms with van der Waals surface area (Å²) in [5.41, 5.74) is 1.44. The van der Waals surface area contributed by atoms with Crippen LogP contribution in [0.4, 0.5) is 11.4 Å². The summed E-state index contributed by atoms with van der Waals surface area (Å²) in [6.07, 6.45) is 1.46. The number of halogens is 2. The minimum absolute atomic E-state index is 0.0380. The van der Waals surface area contributed by atoms with Gasteiger partial charge in [0.05, 0.1) is 30.2 Å². The molecule has 9 nitrogen and oxygen atoms in total. The monoisotopic (exact) mass is 675 g/mol. The second-order valence-electron chi connectivity index (χ2n) is 9.92. The van der Waals surface area contributed by atoms with Crippen LogP contribution < -0.4 is 25.0 Å². The van der Waals surface area contributed by atoms with E-state index >= 15 is 0 Å². The molecule has 4 amide bonds. The van der Waals surface area contributed by atoms with Crippen molar-refractivity contribution in [2.24, 2.45) is 0 Å². The maximum absolute atomic E-state index is 13.6. The Morgan fingerprint density at radius 3 is 2.41 bits per heavy atom. The molecular formula is C34H27Cl2N3O6S. The Balaban J connectivity index is 1.38. The predicted molar refractivity (Wildman–Crippen MR) is 180 cm³/mol. The fourth-order valence-electron chi connectivity index (χ4n) is 4.74. The van der Waals surface area contributed by atoms with Gasteiger partial charge in [-0.25, -0.2) is 4.90 Å². The quantitative estimate of drug-likeness (QED) is 0.140. The highest BCUT2D eigenvalue weighted by molar-refractivity contribution is 8.00. The summed E-state index contributed by atoms with van der Waals surface area (Å²) >= 11 is 13.5. The minimum Gasteiger partial charge on any atom is -0.493 e. The number of carbonyl (C=O) groups is 4. The van der Waals surface area contributed by atoms with Crippen LogP contribution in [0.3, 0.4) is 0 Å². The third-order valence-corrected chi connectivity index (χ3v) is 8.62. The van der Waals surface area contributed by atoms with Crippen molar-refractivity contribution in [3.05, 3.63) is 118 Å². The average molecular weight is 677 g/mol. The molecule has 0 bridgehead atoms. The van der Waals surface area contributed by atoms with Gasteiger partial charge in [-0.1, -0.05) is 59.6 Å². The number of nitrogens with zero attached hydrogens (tertiary/aromatic N) is 1. The third kappa shape index (κ3) is 7.37. The number of thioether (sulfide) groups is 1. The lowest BCUT2D eigenvalue weighted by Gasteiger charge is -2.17. The number of methoxy groups -OCH3 is 2. The number of benzene rings is 4. The van der Waals surface area contributed by atoms with Crippen molar-refractivity contribution in [3.8, 4) is 11.5 Å². The van der Waals surface area contributed by atoms with E-state index in [2.05, 4.69) is 10.6 Å². The number of anilines is 2. The molecule has 12 heteroatoms. The number of hydrogen-bond acceptors (Lipinski definition) is 7. The number of imide groups is 1. The van der Waals surface area contributed by atoms with Crippen LogP contribution in [-0.4, -0.2) is 43.1 Å². The zero-order valence-corrected chi connectivity index (χ0v) is 26.9. The van der Waals surface area contributed by atoms with Crippen LogP contribution in [-0.2, 0) is 14.4 Å². The minimum atomic E-state index is -0.713. The van der Waals surface area contributed by atoms with E-state index in [1.807, 2.05) is 0 Å². The van der Waals surface area contributed by atoms with Crippen molar-refractivity contribution < 1.29 is 28.7 Å².